The first-order valence-corrected chi connectivity index (χ1v) is 6.54. The Hall–Kier alpha value is -1.41. The Balaban J connectivity index is 2.51. The molecule has 2 rings (SSSR count). The Bertz CT molecular complexity index is 532. The Morgan fingerprint density at radius 2 is 1.94 bits per heavy atom. The predicted octanol–water partition coefficient (Wildman–Crippen LogP) is 4.53. The van der Waals surface area contributed by atoms with E-state index in [2.05, 4.69) is 45.0 Å². The summed E-state index contributed by atoms with van der Waals surface area (Å²) in [6.45, 7) is 6.58. The molecule has 88 valence electrons. The Labute approximate surface area is 106 Å². The zero-order valence-corrected chi connectivity index (χ0v) is 11.2. The first kappa shape index (κ1) is 12.1. The van der Waals surface area contributed by atoms with E-state index in [0.29, 0.717) is 0 Å². The van der Waals surface area contributed by atoms with E-state index in [0.717, 1.165) is 22.3 Å². The molecule has 0 radical (unpaired) electrons. The van der Waals surface area contributed by atoms with Gasteiger partial charge in [0.1, 0.15) is 0 Å². The summed E-state index contributed by atoms with van der Waals surface area (Å²) in [5.74, 6) is 0. The fraction of sp³-hybridized carbons (Fsp3) is 0.267. The molecule has 0 N–H and O–H groups in total. The zero-order valence-electron chi connectivity index (χ0n) is 10.4. The highest BCUT2D eigenvalue weighted by molar-refractivity contribution is 7.12. The van der Waals surface area contributed by atoms with Gasteiger partial charge in [0, 0.05) is 5.56 Å². The van der Waals surface area contributed by atoms with Crippen LogP contribution in [0, 0.1) is 0 Å². The van der Waals surface area contributed by atoms with Crippen molar-refractivity contribution >= 4 is 17.6 Å². The van der Waals surface area contributed by atoms with Crippen LogP contribution in [0.25, 0.3) is 11.1 Å². The lowest BCUT2D eigenvalue weighted by molar-refractivity contribution is 0.112. The van der Waals surface area contributed by atoms with Gasteiger partial charge in [0.15, 0.2) is 6.29 Å². The number of aldehydes is 1. The van der Waals surface area contributed by atoms with Crippen molar-refractivity contribution in [1.29, 1.82) is 0 Å². The Morgan fingerprint density at radius 1 is 1.18 bits per heavy atom. The van der Waals surface area contributed by atoms with Crippen molar-refractivity contribution in [2.45, 2.75) is 26.2 Å². The van der Waals surface area contributed by atoms with Crippen LogP contribution < -0.4 is 0 Å². The van der Waals surface area contributed by atoms with Crippen LogP contribution in [0.2, 0.25) is 0 Å². The first-order chi connectivity index (χ1) is 8.02. The standard InChI is InChI=1S/C15H16OS/c1-15(2,3)12-6-4-5-11(9-12)13-7-8-17-14(13)10-16/h4-10H,1-3H3. The molecule has 0 saturated heterocycles. The van der Waals surface area contributed by atoms with E-state index in [1.165, 1.54) is 16.9 Å². The number of benzene rings is 1. The molecule has 1 heterocycles. The van der Waals surface area contributed by atoms with Crippen LogP contribution in [0.3, 0.4) is 0 Å². The number of thiophene rings is 1. The maximum absolute atomic E-state index is 11.0. The molecule has 1 nitrogen and oxygen atoms in total. The summed E-state index contributed by atoms with van der Waals surface area (Å²) < 4.78 is 0. The quantitative estimate of drug-likeness (QED) is 0.710. The summed E-state index contributed by atoms with van der Waals surface area (Å²) in [7, 11) is 0. The number of hydrogen-bond acceptors (Lipinski definition) is 2. The van der Waals surface area contributed by atoms with Crippen molar-refractivity contribution in [2.75, 3.05) is 0 Å². The van der Waals surface area contributed by atoms with Crippen LogP contribution in [0.5, 0.6) is 0 Å². The lowest BCUT2D eigenvalue weighted by Gasteiger charge is -2.19. The third-order valence-corrected chi connectivity index (χ3v) is 3.68. The Kier molecular flexibility index (Phi) is 3.16. The molecular formula is C15H16OS. The molecule has 1 aromatic heterocycles. The lowest BCUT2D eigenvalue weighted by atomic mass is 9.85. The van der Waals surface area contributed by atoms with Gasteiger partial charge in [0.05, 0.1) is 4.88 Å². The van der Waals surface area contributed by atoms with E-state index in [1.54, 1.807) is 0 Å². The van der Waals surface area contributed by atoms with Crippen molar-refractivity contribution in [3.8, 4) is 11.1 Å². The van der Waals surface area contributed by atoms with Crippen LogP contribution >= 0.6 is 11.3 Å². The smallest absolute Gasteiger partial charge is 0.160 e. The first-order valence-electron chi connectivity index (χ1n) is 5.66. The van der Waals surface area contributed by atoms with Crippen molar-refractivity contribution in [3.63, 3.8) is 0 Å². The average molecular weight is 244 g/mol. The summed E-state index contributed by atoms with van der Waals surface area (Å²) in [5, 5.41) is 1.96. The van der Waals surface area contributed by atoms with Crippen molar-refractivity contribution in [2.24, 2.45) is 0 Å². The van der Waals surface area contributed by atoms with Gasteiger partial charge in [-0.15, -0.1) is 11.3 Å². The minimum Gasteiger partial charge on any atom is -0.297 e. The van der Waals surface area contributed by atoms with Gasteiger partial charge >= 0.3 is 0 Å². The molecule has 0 bridgehead atoms. The maximum Gasteiger partial charge on any atom is 0.160 e. The molecule has 2 heteroatoms. The monoisotopic (exact) mass is 244 g/mol. The number of hydrogen-bond donors (Lipinski definition) is 0. The molecular weight excluding hydrogens is 228 g/mol. The molecule has 0 fully saturated rings. The van der Waals surface area contributed by atoms with E-state index in [1.807, 2.05) is 11.4 Å². The second-order valence-electron chi connectivity index (χ2n) is 5.15. The third-order valence-electron chi connectivity index (χ3n) is 2.84. The lowest BCUT2D eigenvalue weighted by Crippen LogP contribution is -2.10. The number of carbonyl (C=O) groups excluding carboxylic acids is 1. The van der Waals surface area contributed by atoms with Crippen molar-refractivity contribution < 1.29 is 4.79 Å². The molecule has 2 aromatic rings. The SMILES string of the molecule is CC(C)(C)c1cccc(-c2ccsc2C=O)c1. The number of carbonyl (C=O) groups is 1. The molecule has 0 amide bonds. The summed E-state index contributed by atoms with van der Waals surface area (Å²) in [4.78, 5) is 11.8. The minimum absolute atomic E-state index is 0.132. The average Bonchev–Trinajstić information content (AvgIpc) is 2.76. The summed E-state index contributed by atoms with van der Waals surface area (Å²) >= 11 is 1.49. The van der Waals surface area contributed by atoms with Gasteiger partial charge in [-0.05, 0) is 28.0 Å². The van der Waals surface area contributed by atoms with E-state index in [4.69, 9.17) is 0 Å². The summed E-state index contributed by atoms with van der Waals surface area (Å²) in [6, 6.07) is 10.4. The molecule has 0 unspecified atom stereocenters. The zero-order chi connectivity index (χ0) is 12.5. The highest BCUT2D eigenvalue weighted by Gasteiger charge is 2.15. The molecule has 17 heavy (non-hydrogen) atoms. The fourth-order valence-corrected chi connectivity index (χ4v) is 2.52. The molecule has 1 aromatic carbocycles. The summed E-state index contributed by atoms with van der Waals surface area (Å²) in [6.07, 6.45) is 0.934. The molecule has 0 atom stereocenters. The topological polar surface area (TPSA) is 17.1 Å². The van der Waals surface area contributed by atoms with Crippen LogP contribution in [0.15, 0.2) is 35.7 Å². The largest absolute Gasteiger partial charge is 0.297 e. The second-order valence-corrected chi connectivity index (χ2v) is 6.09. The van der Waals surface area contributed by atoms with Gasteiger partial charge in [0.2, 0.25) is 0 Å². The normalized spacial score (nSPS) is 11.5. The molecule has 0 aliphatic carbocycles. The van der Waals surface area contributed by atoms with Crippen LogP contribution in [-0.4, -0.2) is 6.29 Å². The van der Waals surface area contributed by atoms with E-state index in [-0.39, 0.29) is 5.41 Å². The Morgan fingerprint density at radius 3 is 2.59 bits per heavy atom. The minimum atomic E-state index is 0.132. The van der Waals surface area contributed by atoms with Gasteiger partial charge < -0.3 is 0 Å². The predicted molar refractivity (Wildman–Crippen MR) is 73.8 cm³/mol. The molecule has 0 spiro atoms. The van der Waals surface area contributed by atoms with Gasteiger partial charge in [0.25, 0.3) is 0 Å². The number of rotatable bonds is 2. The highest BCUT2D eigenvalue weighted by Crippen LogP contribution is 2.30. The van der Waals surface area contributed by atoms with Crippen molar-refractivity contribution in [3.05, 3.63) is 46.2 Å². The van der Waals surface area contributed by atoms with Gasteiger partial charge in [-0.25, -0.2) is 0 Å². The van der Waals surface area contributed by atoms with Crippen LogP contribution in [-0.2, 0) is 5.41 Å². The maximum atomic E-state index is 11.0. The molecule has 0 saturated carbocycles. The molecule has 0 aliphatic rings. The van der Waals surface area contributed by atoms with Crippen LogP contribution in [0.4, 0.5) is 0 Å². The fourth-order valence-electron chi connectivity index (χ4n) is 1.80. The molecule has 0 aliphatic heterocycles. The van der Waals surface area contributed by atoms with Crippen molar-refractivity contribution in [1.82, 2.24) is 0 Å². The van der Waals surface area contributed by atoms with Crippen LogP contribution in [0.1, 0.15) is 36.0 Å². The van der Waals surface area contributed by atoms with Gasteiger partial charge in [-0.3, -0.25) is 4.79 Å². The van der Waals surface area contributed by atoms with E-state index in [9.17, 15) is 4.79 Å². The highest BCUT2D eigenvalue weighted by atomic mass is 32.1. The van der Waals surface area contributed by atoms with E-state index >= 15 is 0 Å². The summed E-state index contributed by atoms with van der Waals surface area (Å²) in [5.41, 5.74) is 3.59. The third kappa shape index (κ3) is 2.47. The van der Waals surface area contributed by atoms with Gasteiger partial charge in [-0.2, -0.15) is 0 Å². The van der Waals surface area contributed by atoms with E-state index < -0.39 is 0 Å². The second kappa shape index (κ2) is 4.46. The van der Waals surface area contributed by atoms with Gasteiger partial charge in [-0.1, -0.05) is 45.0 Å².